The lowest BCUT2D eigenvalue weighted by Gasteiger charge is -2.45. The number of amides is 1. The van der Waals surface area contributed by atoms with Crippen molar-refractivity contribution in [1.29, 1.82) is 0 Å². The molecule has 1 amide bonds. The van der Waals surface area contributed by atoms with E-state index in [4.69, 9.17) is 0 Å². The Labute approximate surface area is 209 Å². The van der Waals surface area contributed by atoms with Crippen LogP contribution in [0.3, 0.4) is 0 Å². The number of rotatable bonds is 6. The molecule has 1 aliphatic rings. The lowest BCUT2D eigenvalue weighted by atomic mass is 9.73. The molecule has 0 radical (unpaired) electrons. The first-order chi connectivity index (χ1) is 16.7. The number of sulfone groups is 2. The first-order valence-electron chi connectivity index (χ1n) is 10.8. The molecule has 1 saturated carbocycles. The van der Waals surface area contributed by atoms with E-state index in [1.807, 2.05) is 0 Å². The summed E-state index contributed by atoms with van der Waals surface area (Å²) in [5.41, 5.74) is -2.84. The first kappa shape index (κ1) is 29.0. The Morgan fingerprint density at radius 2 is 1.41 bits per heavy atom. The fourth-order valence-electron chi connectivity index (χ4n) is 4.12. The van der Waals surface area contributed by atoms with E-state index in [-0.39, 0.29) is 12.8 Å². The molecule has 2 aromatic carbocycles. The molecule has 6 nitrogen and oxygen atoms in total. The van der Waals surface area contributed by atoms with Crippen molar-refractivity contribution in [1.82, 2.24) is 5.32 Å². The second-order valence-corrected chi connectivity index (χ2v) is 14.0. The van der Waals surface area contributed by atoms with E-state index in [0.717, 1.165) is 24.3 Å². The maximum Gasteiger partial charge on any atom is 0.416 e. The molecule has 0 heterocycles. The fourth-order valence-corrected chi connectivity index (χ4v) is 6.80. The molecule has 1 fully saturated rings. The van der Waals surface area contributed by atoms with Gasteiger partial charge in [0.2, 0.25) is 0 Å². The van der Waals surface area contributed by atoms with Crippen molar-refractivity contribution in [3.05, 3.63) is 59.2 Å². The summed E-state index contributed by atoms with van der Waals surface area (Å²) in [5.74, 6) is -1.52. The molecule has 0 bridgehead atoms. The fraction of sp³-hybridized carbons (Fsp3) is 0.435. The van der Waals surface area contributed by atoms with Crippen LogP contribution in [0.1, 0.15) is 48.2 Å². The largest absolute Gasteiger partial charge is 0.416 e. The van der Waals surface area contributed by atoms with E-state index in [0.29, 0.717) is 24.5 Å². The predicted molar refractivity (Wildman–Crippen MR) is 121 cm³/mol. The van der Waals surface area contributed by atoms with Crippen molar-refractivity contribution < 1.29 is 48.0 Å². The first-order valence-corrected chi connectivity index (χ1v) is 14.2. The third kappa shape index (κ3) is 5.79. The number of alkyl halides is 6. The highest BCUT2D eigenvalue weighted by Gasteiger charge is 2.49. The number of hydrogen-bond donors (Lipinski definition) is 1. The molecule has 0 saturated heterocycles. The summed E-state index contributed by atoms with van der Waals surface area (Å²) >= 11 is 0. The molecule has 1 aliphatic carbocycles. The van der Waals surface area contributed by atoms with Crippen LogP contribution in [0.4, 0.5) is 26.3 Å². The van der Waals surface area contributed by atoms with Gasteiger partial charge in [-0.3, -0.25) is 4.79 Å². The van der Waals surface area contributed by atoms with Crippen LogP contribution in [0.25, 0.3) is 0 Å². The van der Waals surface area contributed by atoms with Gasteiger partial charge < -0.3 is 5.32 Å². The van der Waals surface area contributed by atoms with Gasteiger partial charge in [-0.1, -0.05) is 6.07 Å². The zero-order valence-corrected chi connectivity index (χ0v) is 21.4. The van der Waals surface area contributed by atoms with Gasteiger partial charge in [0.05, 0.1) is 31.2 Å². The lowest BCUT2D eigenvalue weighted by Crippen LogP contribution is -2.53. The summed E-state index contributed by atoms with van der Waals surface area (Å²) in [5, 5.41) is 2.50. The standard InChI is InChI=1S/C23H23F6NO5S2/c1-21(2,37(34,35)17-6-4-5-13(11-17)22(24,25)26)15-9-16(10-15)30-20(31)18-8-7-14(23(27,28)29)12-19(18)36(3,32)33/h4-8,11-12,15-16H,9-10H2,1-3H3,(H,30,31)/t15-,16+. The van der Waals surface area contributed by atoms with Crippen LogP contribution in [0.2, 0.25) is 0 Å². The maximum absolute atomic E-state index is 13.2. The van der Waals surface area contributed by atoms with Crippen molar-refractivity contribution in [2.45, 2.75) is 59.6 Å². The molecule has 14 heteroatoms. The Morgan fingerprint density at radius 3 is 1.92 bits per heavy atom. The molecule has 0 unspecified atom stereocenters. The highest BCUT2D eigenvalue weighted by atomic mass is 32.2. The number of hydrogen-bond acceptors (Lipinski definition) is 5. The molecule has 37 heavy (non-hydrogen) atoms. The average Bonchev–Trinajstić information content (AvgIpc) is 2.73. The average molecular weight is 572 g/mol. The molecule has 2 aromatic rings. The number of nitrogens with one attached hydrogen (secondary N) is 1. The van der Waals surface area contributed by atoms with Crippen molar-refractivity contribution >= 4 is 25.6 Å². The van der Waals surface area contributed by atoms with Gasteiger partial charge in [0.25, 0.3) is 5.91 Å². The molecule has 0 aliphatic heterocycles. The van der Waals surface area contributed by atoms with Gasteiger partial charge in [-0.15, -0.1) is 0 Å². The van der Waals surface area contributed by atoms with Crippen LogP contribution in [0, 0.1) is 5.92 Å². The minimum absolute atomic E-state index is 0.103. The molecule has 204 valence electrons. The van der Waals surface area contributed by atoms with Crippen molar-refractivity contribution in [2.24, 2.45) is 5.92 Å². The smallest absolute Gasteiger partial charge is 0.349 e. The highest BCUT2D eigenvalue weighted by Crippen LogP contribution is 2.44. The van der Waals surface area contributed by atoms with Gasteiger partial charge in [-0.2, -0.15) is 26.3 Å². The van der Waals surface area contributed by atoms with E-state index < -0.39 is 81.1 Å². The van der Waals surface area contributed by atoms with Crippen molar-refractivity contribution in [3.63, 3.8) is 0 Å². The Balaban J connectivity index is 1.77. The normalized spacial score (nSPS) is 19.3. The third-order valence-electron chi connectivity index (χ3n) is 6.57. The second kappa shape index (κ2) is 9.29. The topological polar surface area (TPSA) is 97.4 Å². The second-order valence-electron chi connectivity index (χ2n) is 9.45. The van der Waals surface area contributed by atoms with Crippen LogP contribution in [0.5, 0.6) is 0 Å². The van der Waals surface area contributed by atoms with Crippen LogP contribution in [-0.2, 0) is 32.0 Å². The monoisotopic (exact) mass is 571 g/mol. The quantitative estimate of drug-likeness (QED) is 0.498. The van der Waals surface area contributed by atoms with E-state index in [2.05, 4.69) is 5.32 Å². The summed E-state index contributed by atoms with van der Waals surface area (Å²) in [6.45, 7) is 2.73. The Kier molecular flexibility index (Phi) is 7.27. The summed E-state index contributed by atoms with van der Waals surface area (Å²) in [4.78, 5) is 11.4. The van der Waals surface area contributed by atoms with Crippen LogP contribution in [-0.4, -0.2) is 39.8 Å². The molecular formula is C23H23F6NO5S2. The Bertz CT molecular complexity index is 1420. The van der Waals surface area contributed by atoms with Gasteiger partial charge in [-0.25, -0.2) is 16.8 Å². The van der Waals surface area contributed by atoms with Gasteiger partial charge in [0.1, 0.15) is 0 Å². The third-order valence-corrected chi connectivity index (χ3v) is 10.3. The number of benzene rings is 2. The molecule has 0 spiro atoms. The van der Waals surface area contributed by atoms with E-state index in [1.54, 1.807) is 0 Å². The molecule has 1 N–H and O–H groups in total. The molecule has 3 rings (SSSR count). The van der Waals surface area contributed by atoms with Gasteiger partial charge >= 0.3 is 12.4 Å². The summed E-state index contributed by atoms with van der Waals surface area (Å²) in [6.07, 6.45) is -8.69. The predicted octanol–water partition coefficient (Wildman–Crippen LogP) is 4.89. The lowest BCUT2D eigenvalue weighted by molar-refractivity contribution is -0.138. The number of carbonyl (C=O) groups excluding carboxylic acids is 1. The molecular weight excluding hydrogens is 548 g/mol. The van der Waals surface area contributed by atoms with Crippen molar-refractivity contribution in [3.8, 4) is 0 Å². The minimum Gasteiger partial charge on any atom is -0.349 e. The molecule has 0 atom stereocenters. The Morgan fingerprint density at radius 1 is 0.865 bits per heavy atom. The van der Waals surface area contributed by atoms with E-state index in [9.17, 15) is 48.0 Å². The van der Waals surface area contributed by atoms with Crippen LogP contribution < -0.4 is 5.32 Å². The van der Waals surface area contributed by atoms with Gasteiger partial charge in [-0.05, 0) is 69.0 Å². The number of halogens is 6. The maximum atomic E-state index is 13.2. The van der Waals surface area contributed by atoms with Gasteiger partial charge in [0, 0.05) is 12.3 Å². The summed E-state index contributed by atoms with van der Waals surface area (Å²) < 4.78 is 127. The van der Waals surface area contributed by atoms with E-state index in [1.165, 1.54) is 13.8 Å². The molecule has 0 aromatic heterocycles. The Hall–Kier alpha value is -2.61. The summed E-state index contributed by atoms with van der Waals surface area (Å²) in [7, 11) is -8.43. The van der Waals surface area contributed by atoms with Gasteiger partial charge in [0.15, 0.2) is 19.7 Å². The summed E-state index contributed by atoms with van der Waals surface area (Å²) in [6, 6.07) is 4.48. The zero-order valence-electron chi connectivity index (χ0n) is 19.7. The number of carbonyl (C=O) groups is 1. The minimum atomic E-state index is -4.83. The van der Waals surface area contributed by atoms with Crippen LogP contribution in [0.15, 0.2) is 52.3 Å². The zero-order chi connectivity index (χ0) is 28.2. The SMILES string of the molecule is CC(C)([C@H]1C[C@@H](NC(=O)c2ccc(C(F)(F)F)cc2S(C)(=O)=O)C1)S(=O)(=O)c1cccc(C(F)(F)F)c1. The van der Waals surface area contributed by atoms with Crippen LogP contribution >= 0.6 is 0 Å². The highest BCUT2D eigenvalue weighted by molar-refractivity contribution is 7.92. The van der Waals surface area contributed by atoms with Crippen molar-refractivity contribution in [2.75, 3.05) is 6.26 Å². The van der Waals surface area contributed by atoms with E-state index >= 15 is 0 Å².